The van der Waals surface area contributed by atoms with Crippen LogP contribution in [-0.2, 0) is 11.2 Å². The molecular weight excluding hydrogens is 264 g/mol. The van der Waals surface area contributed by atoms with Crippen LogP contribution in [0.2, 0.25) is 0 Å². The van der Waals surface area contributed by atoms with E-state index >= 15 is 0 Å². The highest BCUT2D eigenvalue weighted by atomic mass is 35.5. The Morgan fingerprint density at radius 1 is 1.21 bits per heavy atom. The number of halogens is 1. The lowest BCUT2D eigenvalue weighted by Gasteiger charge is -2.16. The summed E-state index contributed by atoms with van der Waals surface area (Å²) in [5.74, 6) is 0.125. The molecule has 0 aromatic heterocycles. The van der Waals surface area contributed by atoms with Gasteiger partial charge in [-0.1, -0.05) is 24.3 Å². The molecule has 0 saturated heterocycles. The number of hydrogen-bond acceptors (Lipinski definition) is 3. The Morgan fingerprint density at radius 2 is 1.79 bits per heavy atom. The summed E-state index contributed by atoms with van der Waals surface area (Å²) in [7, 11) is 3.66. The molecule has 0 aliphatic heterocycles. The van der Waals surface area contributed by atoms with Crippen LogP contribution >= 0.6 is 12.4 Å². The Bertz CT molecular complexity index is 418. The van der Waals surface area contributed by atoms with Gasteiger partial charge in [-0.3, -0.25) is 9.59 Å². The van der Waals surface area contributed by atoms with Gasteiger partial charge in [0.1, 0.15) is 0 Å². The minimum absolute atomic E-state index is 0. The number of carbonyl (C=O) groups is 2. The molecule has 0 fully saturated rings. The second-order valence-corrected chi connectivity index (χ2v) is 4.35. The highest BCUT2D eigenvalue weighted by Gasteiger charge is 2.09. The van der Waals surface area contributed by atoms with Gasteiger partial charge in [0.2, 0.25) is 5.91 Å². The fourth-order valence-corrected chi connectivity index (χ4v) is 1.57. The topological polar surface area (TPSA) is 49.4 Å². The largest absolute Gasteiger partial charge is 0.344 e. The number of hydrogen-bond donors (Lipinski definition) is 1. The van der Waals surface area contributed by atoms with Crippen LogP contribution in [0.25, 0.3) is 0 Å². The summed E-state index contributed by atoms with van der Waals surface area (Å²) in [4.78, 5) is 24.7. The summed E-state index contributed by atoms with van der Waals surface area (Å²) in [6.07, 6.45) is 0.373. The van der Waals surface area contributed by atoms with Crippen molar-refractivity contribution >= 4 is 24.1 Å². The molecule has 1 N–H and O–H groups in total. The van der Waals surface area contributed by atoms with Gasteiger partial charge in [-0.2, -0.15) is 0 Å². The van der Waals surface area contributed by atoms with Crippen molar-refractivity contribution in [3.63, 3.8) is 0 Å². The first kappa shape index (κ1) is 17.6. The number of ketones is 1. The second kappa shape index (κ2) is 8.67. The van der Waals surface area contributed by atoms with E-state index in [1.165, 1.54) is 6.92 Å². The second-order valence-electron chi connectivity index (χ2n) is 4.35. The lowest BCUT2D eigenvalue weighted by molar-refractivity contribution is -0.129. The Hall–Kier alpha value is -1.39. The summed E-state index contributed by atoms with van der Waals surface area (Å²) in [5, 5.41) is 3.01. The van der Waals surface area contributed by atoms with E-state index in [1.54, 1.807) is 24.1 Å². The summed E-state index contributed by atoms with van der Waals surface area (Å²) < 4.78 is 0. The Balaban J connectivity index is 0.00000324. The molecular formula is C14H21ClN2O2. The third kappa shape index (κ3) is 5.85. The molecule has 0 radical (unpaired) electrons. The molecule has 0 saturated carbocycles. The summed E-state index contributed by atoms with van der Waals surface area (Å²) in [5.41, 5.74) is 1.61. The van der Waals surface area contributed by atoms with Crippen LogP contribution in [0, 0.1) is 0 Å². The van der Waals surface area contributed by atoms with Gasteiger partial charge < -0.3 is 10.2 Å². The number of nitrogens with zero attached hydrogens (tertiary/aromatic N) is 1. The van der Waals surface area contributed by atoms with Crippen LogP contribution in [0.15, 0.2) is 24.3 Å². The molecule has 4 nitrogen and oxygen atoms in total. The first-order valence-electron chi connectivity index (χ1n) is 6.03. The number of carbonyl (C=O) groups excluding carboxylic acids is 2. The quantitative estimate of drug-likeness (QED) is 0.806. The smallest absolute Gasteiger partial charge is 0.226 e. The zero-order valence-corrected chi connectivity index (χ0v) is 12.4. The van der Waals surface area contributed by atoms with E-state index in [1.807, 2.05) is 19.2 Å². The van der Waals surface area contributed by atoms with Crippen molar-refractivity contribution in [2.24, 2.45) is 0 Å². The number of likely N-dealkylation sites (N-methyl/N-ethyl adjacent to an activating group) is 2. The van der Waals surface area contributed by atoms with Crippen molar-refractivity contribution in [2.45, 2.75) is 13.3 Å². The third-order valence-electron chi connectivity index (χ3n) is 2.84. The molecule has 1 aromatic rings. The predicted octanol–water partition coefficient (Wildman–Crippen LogP) is 1.53. The average Bonchev–Trinajstić information content (AvgIpc) is 2.36. The normalized spacial score (nSPS) is 9.63. The van der Waals surface area contributed by atoms with Crippen LogP contribution in [0.4, 0.5) is 0 Å². The molecule has 0 aliphatic carbocycles. The minimum atomic E-state index is 0. The third-order valence-corrected chi connectivity index (χ3v) is 2.84. The molecule has 0 aliphatic rings. The van der Waals surface area contributed by atoms with Crippen LogP contribution in [0.5, 0.6) is 0 Å². The fraction of sp³-hybridized carbons (Fsp3) is 0.429. The number of Topliss-reactive ketones (excluding diaryl/α,β-unsaturated/α-hetero) is 1. The van der Waals surface area contributed by atoms with Crippen molar-refractivity contribution in [2.75, 3.05) is 27.2 Å². The van der Waals surface area contributed by atoms with E-state index < -0.39 is 0 Å². The lowest BCUT2D eigenvalue weighted by atomic mass is 10.1. The van der Waals surface area contributed by atoms with Gasteiger partial charge >= 0.3 is 0 Å². The van der Waals surface area contributed by atoms with E-state index in [9.17, 15) is 9.59 Å². The maximum atomic E-state index is 11.9. The monoisotopic (exact) mass is 284 g/mol. The maximum Gasteiger partial charge on any atom is 0.226 e. The van der Waals surface area contributed by atoms with Crippen molar-refractivity contribution in [3.05, 3.63) is 35.4 Å². The first-order chi connectivity index (χ1) is 8.54. The van der Waals surface area contributed by atoms with Crippen LogP contribution < -0.4 is 5.32 Å². The van der Waals surface area contributed by atoms with Crippen molar-refractivity contribution in [1.29, 1.82) is 0 Å². The summed E-state index contributed by atoms with van der Waals surface area (Å²) in [6.45, 7) is 3.01. The zero-order valence-electron chi connectivity index (χ0n) is 11.6. The molecule has 0 atom stereocenters. The van der Waals surface area contributed by atoms with Crippen molar-refractivity contribution in [1.82, 2.24) is 10.2 Å². The van der Waals surface area contributed by atoms with Gasteiger partial charge in [0.25, 0.3) is 0 Å². The highest BCUT2D eigenvalue weighted by molar-refractivity contribution is 5.94. The zero-order chi connectivity index (χ0) is 13.5. The van der Waals surface area contributed by atoms with E-state index in [-0.39, 0.29) is 24.1 Å². The van der Waals surface area contributed by atoms with Crippen LogP contribution in [0.1, 0.15) is 22.8 Å². The molecule has 106 valence electrons. The molecule has 0 bridgehead atoms. The summed E-state index contributed by atoms with van der Waals surface area (Å²) in [6, 6.07) is 7.19. The van der Waals surface area contributed by atoms with E-state index in [0.717, 1.165) is 12.1 Å². The highest BCUT2D eigenvalue weighted by Crippen LogP contribution is 2.07. The number of rotatable bonds is 6. The van der Waals surface area contributed by atoms with Crippen molar-refractivity contribution < 1.29 is 9.59 Å². The molecule has 1 aromatic carbocycles. The van der Waals surface area contributed by atoms with E-state index in [4.69, 9.17) is 0 Å². The first-order valence-corrected chi connectivity index (χ1v) is 6.03. The Kier molecular flexibility index (Phi) is 8.03. The molecule has 5 heteroatoms. The molecule has 19 heavy (non-hydrogen) atoms. The maximum absolute atomic E-state index is 11.9. The van der Waals surface area contributed by atoms with Gasteiger partial charge in [-0.05, 0) is 19.5 Å². The SMILES string of the molecule is CNCCN(C)C(=O)Cc1ccc(C(C)=O)cc1.Cl. The standard InChI is InChI=1S/C14H20N2O2.ClH/c1-11(17)13-6-4-12(5-7-13)10-14(18)16(3)9-8-15-2;/h4-7,15H,8-10H2,1-3H3;1H. The molecule has 1 rings (SSSR count). The number of amides is 1. The summed E-state index contributed by atoms with van der Waals surface area (Å²) >= 11 is 0. The molecule has 0 spiro atoms. The van der Waals surface area contributed by atoms with Crippen LogP contribution in [0.3, 0.4) is 0 Å². The van der Waals surface area contributed by atoms with E-state index in [2.05, 4.69) is 5.32 Å². The van der Waals surface area contributed by atoms with Gasteiger partial charge in [0.05, 0.1) is 6.42 Å². The van der Waals surface area contributed by atoms with Gasteiger partial charge in [-0.15, -0.1) is 12.4 Å². The molecule has 1 amide bonds. The molecule has 0 unspecified atom stereocenters. The van der Waals surface area contributed by atoms with Crippen LogP contribution in [-0.4, -0.2) is 43.8 Å². The Labute approximate surface area is 120 Å². The Morgan fingerprint density at radius 3 is 2.26 bits per heavy atom. The molecule has 0 heterocycles. The number of benzene rings is 1. The van der Waals surface area contributed by atoms with Gasteiger partial charge in [0.15, 0.2) is 5.78 Å². The minimum Gasteiger partial charge on any atom is -0.344 e. The number of nitrogens with one attached hydrogen (secondary N) is 1. The van der Waals surface area contributed by atoms with Gasteiger partial charge in [-0.25, -0.2) is 0 Å². The average molecular weight is 285 g/mol. The van der Waals surface area contributed by atoms with Crippen molar-refractivity contribution in [3.8, 4) is 0 Å². The van der Waals surface area contributed by atoms with Gasteiger partial charge in [0, 0.05) is 25.7 Å². The fourth-order valence-electron chi connectivity index (χ4n) is 1.57. The lowest BCUT2D eigenvalue weighted by Crippen LogP contribution is -2.33. The predicted molar refractivity (Wildman–Crippen MR) is 79.0 cm³/mol. The van der Waals surface area contributed by atoms with E-state index in [0.29, 0.717) is 18.5 Å².